The number of carbonyl (C=O) groups excluding carboxylic acids is 2. The van der Waals surface area contributed by atoms with Crippen LogP contribution in [0.1, 0.15) is 44.9 Å². The number of carbonyl (C=O) groups is 2. The first kappa shape index (κ1) is 12.0. The van der Waals surface area contributed by atoms with Crippen molar-refractivity contribution in [2.75, 3.05) is 7.05 Å². The maximum atomic E-state index is 12.1. The van der Waals surface area contributed by atoms with Gasteiger partial charge in [0.05, 0.1) is 0 Å². The van der Waals surface area contributed by atoms with Crippen LogP contribution in [0.4, 0.5) is 0 Å². The summed E-state index contributed by atoms with van der Waals surface area (Å²) in [5.74, 6) is 1.81. The summed E-state index contributed by atoms with van der Waals surface area (Å²) in [5, 5.41) is 0. The van der Waals surface area contributed by atoms with Crippen molar-refractivity contribution in [1.29, 1.82) is 0 Å². The summed E-state index contributed by atoms with van der Waals surface area (Å²) >= 11 is 0. The van der Waals surface area contributed by atoms with Crippen LogP contribution in [0.5, 0.6) is 0 Å². The predicted octanol–water partition coefficient (Wildman–Crippen LogP) is 1.29. The zero-order valence-electron chi connectivity index (χ0n) is 11.0. The molecular formula is C14H22N2O2. The lowest BCUT2D eigenvalue weighted by Crippen LogP contribution is -2.60. The van der Waals surface area contributed by atoms with E-state index in [2.05, 4.69) is 0 Å². The Morgan fingerprint density at radius 1 is 1.11 bits per heavy atom. The molecule has 4 nitrogen and oxygen atoms in total. The van der Waals surface area contributed by atoms with Gasteiger partial charge in [-0.25, -0.2) is 0 Å². The van der Waals surface area contributed by atoms with E-state index in [9.17, 15) is 9.59 Å². The van der Waals surface area contributed by atoms with Gasteiger partial charge in [-0.05, 0) is 56.3 Å². The fourth-order valence-electron chi connectivity index (χ4n) is 5.01. The van der Waals surface area contributed by atoms with Crippen molar-refractivity contribution in [3.05, 3.63) is 0 Å². The van der Waals surface area contributed by atoms with Crippen LogP contribution in [0.15, 0.2) is 0 Å². The van der Waals surface area contributed by atoms with Crippen LogP contribution in [0.2, 0.25) is 0 Å². The first-order valence-electron chi connectivity index (χ1n) is 7.03. The van der Waals surface area contributed by atoms with Crippen LogP contribution in [0.3, 0.4) is 0 Å². The molecule has 100 valence electrons. The Kier molecular flexibility index (Phi) is 2.65. The van der Waals surface area contributed by atoms with Crippen molar-refractivity contribution in [1.82, 2.24) is 4.90 Å². The molecule has 4 bridgehead atoms. The van der Waals surface area contributed by atoms with Gasteiger partial charge < -0.3 is 10.6 Å². The van der Waals surface area contributed by atoms with Gasteiger partial charge in [0, 0.05) is 12.6 Å². The van der Waals surface area contributed by atoms with Gasteiger partial charge in [0.15, 0.2) is 0 Å². The van der Waals surface area contributed by atoms with Crippen LogP contribution in [0.25, 0.3) is 0 Å². The molecule has 0 saturated heterocycles. The maximum absolute atomic E-state index is 12.1. The number of nitrogens with two attached hydrogens (primary N) is 1. The normalized spacial score (nSPS) is 40.8. The second-order valence-corrected chi connectivity index (χ2v) is 6.74. The largest absolute Gasteiger partial charge is 0.369 e. The Morgan fingerprint density at radius 3 is 1.94 bits per heavy atom. The molecule has 4 aliphatic rings. The number of hydrogen-bond donors (Lipinski definition) is 1. The minimum absolute atomic E-state index is 0.0429. The first-order valence-corrected chi connectivity index (χ1v) is 7.03. The molecule has 4 rings (SSSR count). The van der Waals surface area contributed by atoms with Crippen LogP contribution in [-0.4, -0.2) is 29.3 Å². The van der Waals surface area contributed by atoms with Crippen LogP contribution in [0, 0.1) is 17.8 Å². The van der Waals surface area contributed by atoms with E-state index in [1.807, 2.05) is 11.9 Å². The van der Waals surface area contributed by atoms with Crippen LogP contribution in [-0.2, 0) is 9.59 Å². The van der Waals surface area contributed by atoms with E-state index >= 15 is 0 Å². The third-order valence-electron chi connectivity index (χ3n) is 5.42. The average Bonchev–Trinajstić information content (AvgIpc) is 2.25. The molecule has 0 aromatic heterocycles. The van der Waals surface area contributed by atoms with E-state index < -0.39 is 5.91 Å². The molecular weight excluding hydrogens is 228 g/mol. The molecule has 2 amide bonds. The molecule has 4 fully saturated rings. The second kappa shape index (κ2) is 3.97. The van der Waals surface area contributed by atoms with Gasteiger partial charge in [0.25, 0.3) is 0 Å². The summed E-state index contributed by atoms with van der Waals surface area (Å²) in [5.41, 5.74) is 5.18. The molecule has 0 spiro atoms. The summed E-state index contributed by atoms with van der Waals surface area (Å²) in [7, 11) is 1.87. The highest BCUT2D eigenvalue weighted by atomic mass is 16.2. The third kappa shape index (κ3) is 1.82. The van der Waals surface area contributed by atoms with Crippen molar-refractivity contribution in [3.63, 3.8) is 0 Å². The van der Waals surface area contributed by atoms with E-state index in [0.717, 1.165) is 37.0 Å². The molecule has 4 saturated carbocycles. The van der Waals surface area contributed by atoms with E-state index in [1.54, 1.807) is 0 Å². The molecule has 4 aliphatic carbocycles. The summed E-state index contributed by atoms with van der Waals surface area (Å²) in [4.78, 5) is 24.9. The van der Waals surface area contributed by atoms with E-state index in [4.69, 9.17) is 5.73 Å². The van der Waals surface area contributed by atoms with Gasteiger partial charge in [-0.3, -0.25) is 9.59 Å². The highest BCUT2D eigenvalue weighted by Crippen LogP contribution is 2.57. The van der Waals surface area contributed by atoms with E-state index in [-0.39, 0.29) is 17.9 Å². The fraction of sp³-hybridized carbons (Fsp3) is 0.857. The van der Waals surface area contributed by atoms with Gasteiger partial charge in [-0.15, -0.1) is 0 Å². The highest BCUT2D eigenvalue weighted by Gasteiger charge is 2.53. The van der Waals surface area contributed by atoms with Gasteiger partial charge >= 0.3 is 0 Å². The number of primary amides is 1. The highest BCUT2D eigenvalue weighted by molar-refractivity contribution is 5.96. The van der Waals surface area contributed by atoms with E-state index in [1.165, 1.54) is 19.3 Å². The number of amides is 2. The Morgan fingerprint density at radius 2 is 1.56 bits per heavy atom. The molecule has 0 heterocycles. The van der Waals surface area contributed by atoms with Crippen molar-refractivity contribution in [2.45, 2.75) is 50.5 Å². The standard InChI is InChI=1S/C14H22N2O2/c1-16(13(18)5-12(15)17)14-6-9-2-10(7-14)4-11(3-9)8-14/h9-11H,2-8H2,1H3,(H2,15,17). The molecule has 18 heavy (non-hydrogen) atoms. The third-order valence-corrected chi connectivity index (χ3v) is 5.42. The minimum atomic E-state index is -0.517. The Bertz CT molecular complexity index is 356. The minimum Gasteiger partial charge on any atom is -0.369 e. The molecule has 0 aliphatic heterocycles. The van der Waals surface area contributed by atoms with Gasteiger partial charge in [-0.1, -0.05) is 0 Å². The van der Waals surface area contributed by atoms with Crippen molar-refractivity contribution in [2.24, 2.45) is 23.5 Å². The lowest BCUT2D eigenvalue weighted by molar-refractivity contribution is -0.148. The van der Waals surface area contributed by atoms with Gasteiger partial charge in [0.1, 0.15) is 6.42 Å². The fourth-order valence-corrected chi connectivity index (χ4v) is 5.01. The Hall–Kier alpha value is -1.06. The van der Waals surface area contributed by atoms with Crippen molar-refractivity contribution < 1.29 is 9.59 Å². The molecule has 0 aromatic rings. The Labute approximate surface area is 108 Å². The molecule has 4 heteroatoms. The quantitative estimate of drug-likeness (QED) is 0.767. The first-order chi connectivity index (χ1) is 8.48. The Balaban J connectivity index is 1.78. The van der Waals surface area contributed by atoms with E-state index in [0.29, 0.717) is 0 Å². The summed E-state index contributed by atoms with van der Waals surface area (Å²) in [6, 6.07) is 0. The smallest absolute Gasteiger partial charge is 0.232 e. The van der Waals surface area contributed by atoms with Crippen molar-refractivity contribution >= 4 is 11.8 Å². The summed E-state index contributed by atoms with van der Waals surface area (Å²) < 4.78 is 0. The average molecular weight is 250 g/mol. The maximum Gasteiger partial charge on any atom is 0.232 e. The number of hydrogen-bond acceptors (Lipinski definition) is 2. The number of rotatable bonds is 3. The van der Waals surface area contributed by atoms with Crippen molar-refractivity contribution in [3.8, 4) is 0 Å². The molecule has 2 N–H and O–H groups in total. The number of nitrogens with zero attached hydrogens (tertiary/aromatic N) is 1. The van der Waals surface area contributed by atoms with Crippen LogP contribution >= 0.6 is 0 Å². The van der Waals surface area contributed by atoms with Gasteiger partial charge in [-0.2, -0.15) is 0 Å². The topological polar surface area (TPSA) is 63.4 Å². The second-order valence-electron chi connectivity index (χ2n) is 6.74. The summed E-state index contributed by atoms with van der Waals surface area (Å²) in [6.45, 7) is 0. The zero-order chi connectivity index (χ0) is 12.9. The van der Waals surface area contributed by atoms with Gasteiger partial charge in [0.2, 0.25) is 11.8 Å². The molecule has 0 unspecified atom stereocenters. The lowest BCUT2D eigenvalue weighted by atomic mass is 9.52. The monoisotopic (exact) mass is 250 g/mol. The molecule has 0 atom stereocenters. The lowest BCUT2D eigenvalue weighted by Gasteiger charge is -2.59. The summed E-state index contributed by atoms with van der Waals surface area (Å²) in [6.07, 6.45) is 7.35. The zero-order valence-corrected chi connectivity index (χ0v) is 11.0. The molecule has 0 aromatic carbocycles. The SMILES string of the molecule is CN(C(=O)CC(N)=O)C12CC3CC(CC(C3)C1)C2. The predicted molar refractivity (Wildman–Crippen MR) is 67.5 cm³/mol. The van der Waals surface area contributed by atoms with Crippen LogP contribution < -0.4 is 5.73 Å². The molecule has 0 radical (unpaired) electrons.